The second-order valence-corrected chi connectivity index (χ2v) is 7.14. The minimum Gasteiger partial charge on any atom is -0.308 e. The molecule has 0 aliphatic heterocycles. The molecule has 0 amide bonds. The second-order valence-electron chi connectivity index (χ2n) is 5.28. The maximum absolute atomic E-state index is 3.74. The van der Waals surface area contributed by atoms with Gasteiger partial charge >= 0.3 is 0 Å². The summed E-state index contributed by atoms with van der Waals surface area (Å²) in [6.45, 7) is 3.21. The number of benzene rings is 1. The van der Waals surface area contributed by atoms with Gasteiger partial charge in [-0.25, -0.2) is 0 Å². The van der Waals surface area contributed by atoms with Gasteiger partial charge in [-0.05, 0) is 48.6 Å². The fourth-order valence-electron chi connectivity index (χ4n) is 2.24. The van der Waals surface area contributed by atoms with Crippen LogP contribution in [0, 0.1) is 0 Å². The molecule has 0 aliphatic carbocycles. The van der Waals surface area contributed by atoms with Crippen molar-refractivity contribution in [2.45, 2.75) is 19.0 Å². The molecule has 0 saturated heterocycles. The van der Waals surface area contributed by atoms with Gasteiger partial charge in [0.05, 0.1) is 0 Å². The van der Waals surface area contributed by atoms with Gasteiger partial charge < -0.3 is 10.2 Å². The van der Waals surface area contributed by atoms with Crippen LogP contribution in [-0.2, 0) is 0 Å². The molecule has 2 aromatic rings. The number of halogens is 1. The van der Waals surface area contributed by atoms with Crippen LogP contribution in [0.3, 0.4) is 0 Å². The van der Waals surface area contributed by atoms with Gasteiger partial charge in [0, 0.05) is 33.4 Å². The molecule has 4 heteroatoms. The Hall–Kier alpha value is -0.680. The lowest BCUT2D eigenvalue weighted by Crippen LogP contribution is -2.32. The Morgan fingerprint density at radius 2 is 1.95 bits per heavy atom. The van der Waals surface area contributed by atoms with Crippen molar-refractivity contribution in [1.82, 2.24) is 10.2 Å². The van der Waals surface area contributed by atoms with Crippen molar-refractivity contribution in [1.29, 1.82) is 0 Å². The molecule has 2 atom stereocenters. The van der Waals surface area contributed by atoms with E-state index < -0.39 is 0 Å². The van der Waals surface area contributed by atoms with Crippen LogP contribution in [0.25, 0.3) is 0 Å². The predicted octanol–water partition coefficient (Wildman–Crippen LogP) is 4.46. The Labute approximate surface area is 133 Å². The van der Waals surface area contributed by atoms with Gasteiger partial charge in [-0.3, -0.25) is 0 Å². The van der Waals surface area contributed by atoms with E-state index >= 15 is 0 Å². The Kier molecular flexibility index (Phi) is 5.78. The summed E-state index contributed by atoms with van der Waals surface area (Å²) in [6.07, 6.45) is 0. The summed E-state index contributed by atoms with van der Waals surface area (Å²) in [5.41, 5.74) is 1.34. The van der Waals surface area contributed by atoms with E-state index in [0.29, 0.717) is 12.1 Å². The summed E-state index contributed by atoms with van der Waals surface area (Å²) in [6, 6.07) is 13.5. The van der Waals surface area contributed by atoms with Gasteiger partial charge in [-0.1, -0.05) is 30.3 Å². The first-order valence-corrected chi connectivity index (χ1v) is 8.43. The van der Waals surface area contributed by atoms with Crippen LogP contribution in [0.5, 0.6) is 0 Å². The molecule has 2 rings (SSSR count). The standard InChI is InChI=1S/C16H21BrN2S/c1-12(16-9-14(17)11-20-16)18-15(10-19(2)3)13-7-5-4-6-8-13/h4-9,11-12,15,18H,10H2,1-3H3. The zero-order valence-electron chi connectivity index (χ0n) is 12.1. The average molecular weight is 353 g/mol. The monoisotopic (exact) mass is 352 g/mol. The van der Waals surface area contributed by atoms with Gasteiger partial charge in [-0.15, -0.1) is 11.3 Å². The zero-order valence-corrected chi connectivity index (χ0v) is 14.5. The van der Waals surface area contributed by atoms with E-state index in [-0.39, 0.29) is 0 Å². The SMILES string of the molecule is CC(NC(CN(C)C)c1ccccc1)c1cc(Br)cs1. The van der Waals surface area contributed by atoms with Crippen molar-refractivity contribution in [2.75, 3.05) is 20.6 Å². The predicted molar refractivity (Wildman–Crippen MR) is 91.3 cm³/mol. The molecule has 1 aromatic heterocycles. The Balaban J connectivity index is 2.11. The zero-order chi connectivity index (χ0) is 14.5. The molecule has 0 spiro atoms. The van der Waals surface area contributed by atoms with Crippen molar-refractivity contribution in [3.8, 4) is 0 Å². The average Bonchev–Trinajstić information content (AvgIpc) is 2.85. The largest absolute Gasteiger partial charge is 0.308 e. The van der Waals surface area contributed by atoms with Crippen molar-refractivity contribution >= 4 is 27.3 Å². The molecule has 0 saturated carbocycles. The summed E-state index contributed by atoms with van der Waals surface area (Å²) in [4.78, 5) is 3.58. The van der Waals surface area contributed by atoms with Crippen LogP contribution in [0.4, 0.5) is 0 Å². The maximum Gasteiger partial charge on any atom is 0.0453 e. The molecule has 1 heterocycles. The highest BCUT2D eigenvalue weighted by atomic mass is 79.9. The van der Waals surface area contributed by atoms with E-state index in [1.54, 1.807) is 11.3 Å². The number of nitrogens with zero attached hydrogens (tertiary/aromatic N) is 1. The minimum absolute atomic E-state index is 0.335. The number of nitrogens with one attached hydrogen (secondary N) is 1. The molecule has 20 heavy (non-hydrogen) atoms. The van der Waals surface area contributed by atoms with E-state index in [4.69, 9.17) is 0 Å². The number of rotatable bonds is 6. The molecule has 0 radical (unpaired) electrons. The molecule has 1 N–H and O–H groups in total. The highest BCUT2D eigenvalue weighted by Gasteiger charge is 2.17. The fourth-order valence-corrected chi connectivity index (χ4v) is 3.71. The first-order valence-electron chi connectivity index (χ1n) is 6.76. The van der Waals surface area contributed by atoms with Gasteiger partial charge in [0.2, 0.25) is 0 Å². The number of hydrogen-bond acceptors (Lipinski definition) is 3. The van der Waals surface area contributed by atoms with Crippen LogP contribution in [0.2, 0.25) is 0 Å². The summed E-state index contributed by atoms with van der Waals surface area (Å²) >= 11 is 5.32. The minimum atomic E-state index is 0.335. The van der Waals surface area contributed by atoms with Crippen molar-refractivity contribution < 1.29 is 0 Å². The topological polar surface area (TPSA) is 15.3 Å². The molecular weight excluding hydrogens is 332 g/mol. The Morgan fingerprint density at radius 3 is 2.50 bits per heavy atom. The van der Waals surface area contributed by atoms with E-state index in [1.165, 1.54) is 10.4 Å². The van der Waals surface area contributed by atoms with Crippen molar-refractivity contribution in [2.24, 2.45) is 0 Å². The third-order valence-corrected chi connectivity index (χ3v) is 5.09. The summed E-state index contributed by atoms with van der Waals surface area (Å²) in [5.74, 6) is 0. The van der Waals surface area contributed by atoms with Gasteiger partial charge in [0.15, 0.2) is 0 Å². The second kappa shape index (κ2) is 7.36. The van der Waals surface area contributed by atoms with E-state index in [0.717, 1.165) is 11.0 Å². The van der Waals surface area contributed by atoms with Gasteiger partial charge in [0.25, 0.3) is 0 Å². The third kappa shape index (κ3) is 4.42. The first-order chi connectivity index (χ1) is 9.56. The molecule has 2 unspecified atom stereocenters. The van der Waals surface area contributed by atoms with Crippen LogP contribution in [0.15, 0.2) is 46.3 Å². The number of likely N-dealkylation sites (N-methyl/N-ethyl adjacent to an activating group) is 1. The Morgan fingerprint density at radius 1 is 1.25 bits per heavy atom. The van der Waals surface area contributed by atoms with E-state index in [2.05, 4.69) is 88.9 Å². The maximum atomic E-state index is 3.74. The lowest BCUT2D eigenvalue weighted by molar-refractivity contribution is 0.326. The smallest absolute Gasteiger partial charge is 0.0453 e. The van der Waals surface area contributed by atoms with Crippen LogP contribution >= 0.6 is 27.3 Å². The van der Waals surface area contributed by atoms with E-state index in [9.17, 15) is 0 Å². The molecule has 0 aliphatic rings. The van der Waals surface area contributed by atoms with E-state index in [1.807, 2.05) is 0 Å². The fraction of sp³-hybridized carbons (Fsp3) is 0.375. The van der Waals surface area contributed by atoms with Gasteiger partial charge in [-0.2, -0.15) is 0 Å². The molecular formula is C16H21BrN2S. The molecule has 0 fully saturated rings. The van der Waals surface area contributed by atoms with Crippen molar-refractivity contribution in [3.05, 3.63) is 56.7 Å². The molecule has 2 nitrogen and oxygen atoms in total. The van der Waals surface area contributed by atoms with Gasteiger partial charge in [0.1, 0.15) is 0 Å². The normalized spacial score (nSPS) is 14.4. The lowest BCUT2D eigenvalue weighted by Gasteiger charge is -2.26. The first kappa shape index (κ1) is 15.7. The van der Waals surface area contributed by atoms with Crippen molar-refractivity contribution in [3.63, 3.8) is 0 Å². The summed E-state index contributed by atoms with van der Waals surface area (Å²) in [5, 5.41) is 5.88. The quantitative estimate of drug-likeness (QED) is 0.825. The molecule has 108 valence electrons. The molecule has 1 aromatic carbocycles. The number of thiophene rings is 1. The van der Waals surface area contributed by atoms with Crippen LogP contribution in [-0.4, -0.2) is 25.5 Å². The lowest BCUT2D eigenvalue weighted by atomic mass is 10.1. The van der Waals surface area contributed by atoms with Crippen LogP contribution < -0.4 is 5.32 Å². The van der Waals surface area contributed by atoms with Crippen LogP contribution in [0.1, 0.15) is 29.4 Å². The Bertz CT molecular complexity index is 524. The number of hydrogen-bond donors (Lipinski definition) is 1. The third-order valence-electron chi connectivity index (χ3n) is 3.22. The highest BCUT2D eigenvalue weighted by Crippen LogP contribution is 2.27. The summed E-state index contributed by atoms with van der Waals surface area (Å²) in [7, 11) is 4.23. The molecule has 0 bridgehead atoms. The summed E-state index contributed by atoms with van der Waals surface area (Å²) < 4.78 is 1.16. The highest BCUT2D eigenvalue weighted by molar-refractivity contribution is 9.10.